The Morgan fingerprint density at radius 2 is 2.00 bits per heavy atom. The van der Waals surface area contributed by atoms with Crippen LogP contribution in [0, 0.1) is 6.92 Å². The third-order valence-corrected chi connectivity index (χ3v) is 3.28. The molecule has 4 N–H and O–H groups in total. The van der Waals surface area contributed by atoms with Gasteiger partial charge in [-0.1, -0.05) is 6.92 Å². The molecule has 96 valence electrons. The first-order valence-corrected chi connectivity index (χ1v) is 7.11. The zero-order chi connectivity index (χ0) is 12.8. The lowest BCUT2D eigenvalue weighted by molar-refractivity contribution is 0.871. The van der Waals surface area contributed by atoms with Gasteiger partial charge in [0.05, 0.1) is 0 Å². The fourth-order valence-electron chi connectivity index (χ4n) is 1.53. The lowest BCUT2D eigenvalue weighted by atomic mass is 10.2. The maximum absolute atomic E-state index is 5.46. The van der Waals surface area contributed by atoms with E-state index in [2.05, 4.69) is 33.9 Å². The van der Waals surface area contributed by atoms with Gasteiger partial charge >= 0.3 is 0 Å². The number of rotatable bonds is 6. The Morgan fingerprint density at radius 1 is 1.35 bits per heavy atom. The Labute approximate surface area is 107 Å². The van der Waals surface area contributed by atoms with Crippen molar-refractivity contribution < 1.29 is 0 Å². The normalized spacial score (nSPS) is 12.3. The lowest BCUT2D eigenvalue weighted by Gasteiger charge is -2.17. The molecule has 6 heteroatoms. The topological polar surface area (TPSA) is 75.9 Å². The molecule has 0 spiro atoms. The molecule has 1 aromatic rings. The van der Waals surface area contributed by atoms with Crippen LogP contribution in [0.1, 0.15) is 25.2 Å². The minimum atomic E-state index is 0.369. The fourth-order valence-corrected chi connectivity index (χ4v) is 2.11. The standard InChI is InChI=1S/C11H21N5S/c1-5-9-14-10(13-7(2)6-17-4)8(3)11(15-9)16-12/h7H,5-6,12H2,1-4H3,(H2,13,14,15,16). The van der Waals surface area contributed by atoms with Gasteiger partial charge in [0.15, 0.2) is 0 Å². The van der Waals surface area contributed by atoms with Crippen LogP contribution in [-0.2, 0) is 6.42 Å². The second-order valence-corrected chi connectivity index (χ2v) is 4.87. The summed E-state index contributed by atoms with van der Waals surface area (Å²) in [4.78, 5) is 8.83. The summed E-state index contributed by atoms with van der Waals surface area (Å²) in [6.45, 7) is 6.13. The van der Waals surface area contributed by atoms with E-state index in [0.29, 0.717) is 11.9 Å². The first-order chi connectivity index (χ1) is 8.12. The van der Waals surface area contributed by atoms with Crippen LogP contribution in [0.5, 0.6) is 0 Å². The number of thioether (sulfide) groups is 1. The molecule has 0 saturated heterocycles. The van der Waals surface area contributed by atoms with E-state index in [4.69, 9.17) is 5.84 Å². The first kappa shape index (κ1) is 14.1. The highest BCUT2D eigenvalue weighted by Crippen LogP contribution is 2.20. The fraction of sp³-hybridized carbons (Fsp3) is 0.636. The van der Waals surface area contributed by atoms with Crippen LogP contribution < -0.4 is 16.6 Å². The number of hydrazine groups is 1. The summed E-state index contributed by atoms with van der Waals surface area (Å²) in [5.41, 5.74) is 3.58. The monoisotopic (exact) mass is 255 g/mol. The highest BCUT2D eigenvalue weighted by atomic mass is 32.2. The summed E-state index contributed by atoms with van der Waals surface area (Å²) in [6.07, 6.45) is 2.88. The highest BCUT2D eigenvalue weighted by molar-refractivity contribution is 7.98. The molecule has 1 atom stereocenters. The molecule has 0 saturated carbocycles. The van der Waals surface area contributed by atoms with E-state index in [1.807, 2.05) is 25.6 Å². The second kappa shape index (κ2) is 6.66. The lowest BCUT2D eigenvalue weighted by Crippen LogP contribution is -2.21. The number of nitrogen functional groups attached to an aromatic ring is 1. The first-order valence-electron chi connectivity index (χ1n) is 5.71. The number of anilines is 2. The molecule has 0 amide bonds. The molecule has 0 bridgehead atoms. The number of nitrogens with zero attached hydrogens (tertiary/aromatic N) is 2. The Bertz CT molecular complexity index is 369. The number of hydrogen-bond donors (Lipinski definition) is 3. The average molecular weight is 255 g/mol. The van der Waals surface area contributed by atoms with Crippen LogP contribution in [0.3, 0.4) is 0 Å². The molecule has 1 heterocycles. The number of nitrogens with one attached hydrogen (secondary N) is 2. The van der Waals surface area contributed by atoms with Gasteiger partial charge in [0, 0.05) is 23.8 Å². The Morgan fingerprint density at radius 3 is 2.53 bits per heavy atom. The van der Waals surface area contributed by atoms with Crippen LogP contribution in [0.25, 0.3) is 0 Å². The van der Waals surface area contributed by atoms with Gasteiger partial charge in [-0.2, -0.15) is 11.8 Å². The van der Waals surface area contributed by atoms with E-state index in [9.17, 15) is 0 Å². The van der Waals surface area contributed by atoms with Crippen LogP contribution >= 0.6 is 11.8 Å². The summed E-state index contributed by atoms with van der Waals surface area (Å²) >= 11 is 1.81. The highest BCUT2D eigenvalue weighted by Gasteiger charge is 2.11. The molecule has 1 rings (SSSR count). The summed E-state index contributed by atoms with van der Waals surface area (Å²) < 4.78 is 0. The third kappa shape index (κ3) is 3.74. The average Bonchev–Trinajstić information content (AvgIpc) is 2.32. The largest absolute Gasteiger partial charge is 0.366 e. The van der Waals surface area contributed by atoms with Crippen molar-refractivity contribution in [1.29, 1.82) is 0 Å². The number of hydrogen-bond acceptors (Lipinski definition) is 6. The van der Waals surface area contributed by atoms with E-state index in [-0.39, 0.29) is 0 Å². The molecule has 1 aromatic heterocycles. The Hall–Kier alpha value is -1.01. The van der Waals surface area contributed by atoms with Crippen molar-refractivity contribution in [3.05, 3.63) is 11.4 Å². The van der Waals surface area contributed by atoms with Crippen molar-refractivity contribution >= 4 is 23.4 Å². The smallest absolute Gasteiger partial charge is 0.148 e. The second-order valence-electron chi connectivity index (χ2n) is 3.96. The molecule has 0 aromatic carbocycles. The predicted molar refractivity (Wildman–Crippen MR) is 75.4 cm³/mol. The minimum absolute atomic E-state index is 0.369. The molecule has 17 heavy (non-hydrogen) atoms. The van der Waals surface area contributed by atoms with Crippen LogP contribution in [0.2, 0.25) is 0 Å². The molecular formula is C11H21N5S. The van der Waals surface area contributed by atoms with Gasteiger partial charge in [-0.05, 0) is 20.1 Å². The van der Waals surface area contributed by atoms with Gasteiger partial charge in [-0.25, -0.2) is 15.8 Å². The van der Waals surface area contributed by atoms with E-state index in [0.717, 1.165) is 29.4 Å². The molecule has 0 fully saturated rings. The van der Waals surface area contributed by atoms with Crippen molar-refractivity contribution in [1.82, 2.24) is 9.97 Å². The summed E-state index contributed by atoms with van der Waals surface area (Å²) in [6, 6.07) is 0.369. The van der Waals surface area contributed by atoms with Gasteiger partial charge in [-0.3, -0.25) is 0 Å². The van der Waals surface area contributed by atoms with Crippen LogP contribution in [0.15, 0.2) is 0 Å². The molecule has 0 aliphatic heterocycles. The Balaban J connectivity index is 2.96. The number of aryl methyl sites for hydroxylation is 1. The molecule has 5 nitrogen and oxygen atoms in total. The predicted octanol–water partition coefficient (Wildman–Crippen LogP) is 1.80. The SMILES string of the molecule is CCc1nc(NN)c(C)c(NC(C)CSC)n1. The molecule has 0 aliphatic carbocycles. The molecule has 0 radical (unpaired) electrons. The summed E-state index contributed by atoms with van der Waals surface area (Å²) in [5.74, 6) is 8.85. The van der Waals surface area contributed by atoms with Gasteiger partial charge < -0.3 is 10.7 Å². The van der Waals surface area contributed by atoms with Crippen LogP contribution in [-0.4, -0.2) is 28.0 Å². The van der Waals surface area contributed by atoms with E-state index < -0.39 is 0 Å². The number of nitrogens with two attached hydrogens (primary N) is 1. The maximum Gasteiger partial charge on any atom is 0.148 e. The van der Waals surface area contributed by atoms with Crippen molar-refractivity contribution in [2.45, 2.75) is 33.2 Å². The van der Waals surface area contributed by atoms with Gasteiger partial charge in [0.1, 0.15) is 17.5 Å². The number of aromatic nitrogens is 2. The minimum Gasteiger partial charge on any atom is -0.366 e. The van der Waals surface area contributed by atoms with Crippen LogP contribution in [0.4, 0.5) is 11.6 Å². The van der Waals surface area contributed by atoms with Crippen molar-refractivity contribution in [3.8, 4) is 0 Å². The quantitative estimate of drug-likeness (QED) is 0.531. The van der Waals surface area contributed by atoms with E-state index >= 15 is 0 Å². The van der Waals surface area contributed by atoms with Gasteiger partial charge in [-0.15, -0.1) is 0 Å². The third-order valence-electron chi connectivity index (χ3n) is 2.44. The maximum atomic E-state index is 5.46. The van der Waals surface area contributed by atoms with Crippen molar-refractivity contribution in [3.63, 3.8) is 0 Å². The molecule has 1 unspecified atom stereocenters. The zero-order valence-electron chi connectivity index (χ0n) is 10.9. The van der Waals surface area contributed by atoms with Crippen molar-refractivity contribution in [2.75, 3.05) is 22.8 Å². The molecule has 0 aliphatic rings. The van der Waals surface area contributed by atoms with E-state index in [1.54, 1.807) is 0 Å². The summed E-state index contributed by atoms with van der Waals surface area (Å²) in [5, 5.41) is 3.39. The summed E-state index contributed by atoms with van der Waals surface area (Å²) in [7, 11) is 0. The molecular weight excluding hydrogens is 234 g/mol. The van der Waals surface area contributed by atoms with Gasteiger partial charge in [0.2, 0.25) is 0 Å². The van der Waals surface area contributed by atoms with Crippen molar-refractivity contribution in [2.24, 2.45) is 5.84 Å². The van der Waals surface area contributed by atoms with Gasteiger partial charge in [0.25, 0.3) is 0 Å². The van der Waals surface area contributed by atoms with E-state index in [1.165, 1.54) is 0 Å². The zero-order valence-corrected chi connectivity index (χ0v) is 11.7. The Kier molecular flexibility index (Phi) is 5.50.